The van der Waals surface area contributed by atoms with Crippen LogP contribution < -0.4 is 14.8 Å². The molecule has 0 amide bonds. The van der Waals surface area contributed by atoms with Crippen LogP contribution in [0.2, 0.25) is 5.02 Å². The van der Waals surface area contributed by atoms with Crippen LogP contribution in [0.15, 0.2) is 53.3 Å². The van der Waals surface area contributed by atoms with Crippen LogP contribution >= 0.6 is 22.9 Å². The summed E-state index contributed by atoms with van der Waals surface area (Å²) in [5.41, 5.74) is 1.67. The first kappa shape index (κ1) is 20.3. The molecule has 0 spiro atoms. The first-order chi connectivity index (χ1) is 14.6. The maximum absolute atomic E-state index is 12.8. The summed E-state index contributed by atoms with van der Waals surface area (Å²) in [5, 5.41) is 5.01. The van der Waals surface area contributed by atoms with Gasteiger partial charge < -0.3 is 4.74 Å². The number of hydrogen-bond acceptors (Lipinski definition) is 5. The lowest BCUT2D eigenvalue weighted by Crippen LogP contribution is -2.23. The Labute approximate surface area is 182 Å². The molecule has 7 heteroatoms. The molecule has 0 aliphatic carbocycles. The molecule has 0 unspecified atom stereocenters. The number of benzene rings is 2. The van der Waals surface area contributed by atoms with Crippen LogP contribution in [-0.4, -0.2) is 21.2 Å². The summed E-state index contributed by atoms with van der Waals surface area (Å²) in [6.07, 6.45) is 7.57. The number of nitrogens with zero attached hydrogens (tertiary/aromatic N) is 3. The second-order valence-electron chi connectivity index (χ2n) is 6.70. The predicted octanol–water partition coefficient (Wildman–Crippen LogP) is 4.70. The maximum atomic E-state index is 12.8. The summed E-state index contributed by atoms with van der Waals surface area (Å²) < 4.78 is 7.78. The van der Waals surface area contributed by atoms with Crippen LogP contribution in [0.3, 0.4) is 0 Å². The Bertz CT molecular complexity index is 1290. The Kier molecular flexibility index (Phi) is 6.26. The van der Waals surface area contributed by atoms with Gasteiger partial charge in [0.05, 0.1) is 11.1 Å². The lowest BCUT2D eigenvalue weighted by molar-refractivity contribution is 0.309. The van der Waals surface area contributed by atoms with Crippen LogP contribution in [0.1, 0.15) is 36.7 Å². The Morgan fingerprint density at radius 3 is 2.70 bits per heavy atom. The van der Waals surface area contributed by atoms with Gasteiger partial charge in [0, 0.05) is 10.6 Å². The van der Waals surface area contributed by atoms with Crippen LogP contribution in [0.4, 0.5) is 0 Å². The average Bonchev–Trinajstić information content (AvgIpc) is 3.28. The van der Waals surface area contributed by atoms with Gasteiger partial charge in [0.25, 0.3) is 5.56 Å². The Balaban J connectivity index is 1.62. The number of halogens is 1. The van der Waals surface area contributed by atoms with Crippen molar-refractivity contribution in [1.29, 1.82) is 0 Å². The van der Waals surface area contributed by atoms with Gasteiger partial charge in [0.1, 0.15) is 5.75 Å². The zero-order valence-corrected chi connectivity index (χ0v) is 18.0. The van der Waals surface area contributed by atoms with Gasteiger partial charge >= 0.3 is 0 Å². The molecule has 4 rings (SSSR count). The summed E-state index contributed by atoms with van der Waals surface area (Å²) in [5.74, 6) is 1.26. The monoisotopic (exact) mass is 437 g/mol. The molecule has 0 N–H and O–H groups in total. The molecule has 0 saturated carbocycles. The zero-order valence-electron chi connectivity index (χ0n) is 16.4. The molecule has 0 bridgehead atoms. The molecule has 0 atom stereocenters. The molecule has 2 aromatic heterocycles. The Morgan fingerprint density at radius 1 is 1.13 bits per heavy atom. The summed E-state index contributed by atoms with van der Waals surface area (Å²) >= 11 is 7.22. The Morgan fingerprint density at radius 2 is 1.93 bits per heavy atom. The molecule has 0 fully saturated rings. The van der Waals surface area contributed by atoms with Crippen molar-refractivity contribution in [3.63, 3.8) is 0 Å². The first-order valence-electron chi connectivity index (χ1n) is 9.71. The van der Waals surface area contributed by atoms with Crippen LogP contribution in [0.25, 0.3) is 23.2 Å². The third-order valence-corrected chi connectivity index (χ3v) is 5.67. The van der Waals surface area contributed by atoms with E-state index in [0.717, 1.165) is 29.7 Å². The number of rotatable bonds is 7. The first-order valence-corrected chi connectivity index (χ1v) is 10.9. The van der Waals surface area contributed by atoms with Gasteiger partial charge in [-0.05, 0) is 42.3 Å². The predicted molar refractivity (Wildman–Crippen MR) is 123 cm³/mol. The summed E-state index contributed by atoms with van der Waals surface area (Å²) in [6.45, 7) is 2.78. The summed E-state index contributed by atoms with van der Waals surface area (Å²) in [4.78, 5) is 17.8. The molecule has 152 valence electrons. The lowest BCUT2D eigenvalue weighted by Gasteiger charge is -2.07. The fourth-order valence-corrected chi connectivity index (χ4v) is 3.89. The molecule has 5 nitrogen and oxygen atoms in total. The zero-order chi connectivity index (χ0) is 20.9. The van der Waals surface area contributed by atoms with Gasteiger partial charge in [0.2, 0.25) is 4.96 Å². The minimum atomic E-state index is -0.183. The standard InChI is InChI=1S/C23H20ClN3O2S/c1-2-3-14-29-19-7-5-4-6-17(19)15-20-22(28)27-23(30-20)25-21(26-27)13-10-16-8-11-18(24)12-9-16/h4-13,15H,2-3,14H2,1H3/b13-10+,20-15-. The van der Waals surface area contributed by atoms with Gasteiger partial charge in [-0.2, -0.15) is 9.50 Å². The van der Waals surface area contributed by atoms with Crippen molar-refractivity contribution in [2.24, 2.45) is 0 Å². The maximum Gasteiger partial charge on any atom is 0.291 e. The average molecular weight is 438 g/mol. The number of fused-ring (bicyclic) bond motifs is 1. The molecule has 0 aliphatic rings. The molecular formula is C23H20ClN3O2S. The van der Waals surface area contributed by atoms with Gasteiger partial charge in [-0.25, -0.2) is 0 Å². The van der Waals surface area contributed by atoms with E-state index in [4.69, 9.17) is 16.3 Å². The van der Waals surface area contributed by atoms with Crippen LogP contribution in [-0.2, 0) is 0 Å². The second kappa shape index (κ2) is 9.24. The van der Waals surface area contributed by atoms with Crippen molar-refractivity contribution in [1.82, 2.24) is 14.6 Å². The molecule has 0 aliphatic heterocycles. The smallest absolute Gasteiger partial charge is 0.291 e. The molecular weight excluding hydrogens is 418 g/mol. The summed E-state index contributed by atoms with van der Waals surface area (Å²) in [7, 11) is 0. The fourth-order valence-electron chi connectivity index (χ4n) is 2.86. The van der Waals surface area contributed by atoms with Crippen molar-refractivity contribution < 1.29 is 4.74 Å². The largest absolute Gasteiger partial charge is 0.493 e. The number of thiazole rings is 1. The van der Waals surface area contributed by atoms with Crippen molar-refractivity contribution in [2.75, 3.05) is 6.61 Å². The van der Waals surface area contributed by atoms with E-state index in [1.165, 1.54) is 15.9 Å². The van der Waals surface area contributed by atoms with Gasteiger partial charge in [-0.3, -0.25) is 4.79 Å². The fraction of sp³-hybridized carbons (Fsp3) is 0.174. The molecule has 0 saturated heterocycles. The van der Waals surface area contributed by atoms with Crippen molar-refractivity contribution >= 4 is 46.1 Å². The molecule has 0 radical (unpaired) electrons. The molecule has 30 heavy (non-hydrogen) atoms. The number of unbranched alkanes of at least 4 members (excludes halogenated alkanes) is 1. The quantitative estimate of drug-likeness (QED) is 0.393. The minimum Gasteiger partial charge on any atom is -0.493 e. The Hall–Kier alpha value is -2.96. The van der Waals surface area contributed by atoms with E-state index in [-0.39, 0.29) is 5.56 Å². The number of ether oxygens (including phenoxy) is 1. The number of aromatic nitrogens is 3. The normalized spacial score (nSPS) is 12.3. The van der Waals surface area contributed by atoms with E-state index in [0.29, 0.717) is 26.9 Å². The van der Waals surface area contributed by atoms with E-state index < -0.39 is 0 Å². The highest BCUT2D eigenvalue weighted by Gasteiger charge is 2.10. The van der Waals surface area contributed by atoms with E-state index in [1.807, 2.05) is 60.7 Å². The van der Waals surface area contributed by atoms with Crippen molar-refractivity contribution in [2.45, 2.75) is 19.8 Å². The highest BCUT2D eigenvalue weighted by Crippen LogP contribution is 2.19. The van der Waals surface area contributed by atoms with E-state index >= 15 is 0 Å². The summed E-state index contributed by atoms with van der Waals surface area (Å²) in [6, 6.07) is 15.2. The van der Waals surface area contributed by atoms with Gasteiger partial charge in [0.15, 0.2) is 5.82 Å². The van der Waals surface area contributed by atoms with Gasteiger partial charge in [-0.15, -0.1) is 5.10 Å². The molecule has 2 heterocycles. The van der Waals surface area contributed by atoms with E-state index in [9.17, 15) is 4.79 Å². The van der Waals surface area contributed by atoms with Crippen LogP contribution in [0, 0.1) is 0 Å². The van der Waals surface area contributed by atoms with Gasteiger partial charge in [-0.1, -0.05) is 72.7 Å². The third-order valence-electron chi connectivity index (χ3n) is 4.45. The number of para-hydroxylation sites is 1. The van der Waals surface area contributed by atoms with E-state index in [1.54, 1.807) is 6.08 Å². The number of hydrogen-bond donors (Lipinski definition) is 0. The second-order valence-corrected chi connectivity index (χ2v) is 8.15. The molecule has 2 aromatic carbocycles. The topological polar surface area (TPSA) is 56.5 Å². The van der Waals surface area contributed by atoms with Crippen molar-refractivity contribution in [3.05, 3.63) is 85.4 Å². The van der Waals surface area contributed by atoms with Crippen molar-refractivity contribution in [3.8, 4) is 5.75 Å². The molecule has 4 aromatic rings. The third kappa shape index (κ3) is 4.61. The highest BCUT2D eigenvalue weighted by molar-refractivity contribution is 7.15. The SMILES string of the molecule is CCCCOc1ccccc1/C=c1\sc2nc(/C=C/c3ccc(Cl)cc3)nn2c1=O. The minimum absolute atomic E-state index is 0.183. The van der Waals surface area contributed by atoms with Crippen LogP contribution in [0.5, 0.6) is 5.75 Å². The lowest BCUT2D eigenvalue weighted by atomic mass is 10.2. The van der Waals surface area contributed by atoms with E-state index in [2.05, 4.69) is 17.0 Å². The highest BCUT2D eigenvalue weighted by atomic mass is 35.5.